The number of alkyl halides is 3. The lowest BCUT2D eigenvalue weighted by Gasteiger charge is -2.10. The number of fused-ring (bicyclic) bond motifs is 1. The zero-order valence-electron chi connectivity index (χ0n) is 9.80. The number of carbonyl (C=O) groups excluding carboxylic acids is 3. The summed E-state index contributed by atoms with van der Waals surface area (Å²) in [5.41, 5.74) is 0.313. The van der Waals surface area contributed by atoms with Crippen LogP contribution in [0.2, 0.25) is 0 Å². The van der Waals surface area contributed by atoms with Gasteiger partial charge in [0.2, 0.25) is 0 Å². The van der Waals surface area contributed by atoms with E-state index in [1.807, 2.05) is 0 Å². The van der Waals surface area contributed by atoms with Gasteiger partial charge in [0.05, 0.1) is 11.1 Å². The minimum absolute atomic E-state index is 0.0589. The first kappa shape index (κ1) is 13.8. The van der Waals surface area contributed by atoms with Gasteiger partial charge in [-0.05, 0) is 18.2 Å². The molecule has 0 radical (unpaired) electrons. The van der Waals surface area contributed by atoms with Crippen molar-refractivity contribution in [1.82, 2.24) is 10.6 Å². The van der Waals surface area contributed by atoms with Gasteiger partial charge < -0.3 is 10.6 Å². The predicted molar refractivity (Wildman–Crippen MR) is 61.3 cm³/mol. The first-order valence-electron chi connectivity index (χ1n) is 5.37. The van der Waals surface area contributed by atoms with Crippen LogP contribution in [0.25, 0.3) is 0 Å². The summed E-state index contributed by atoms with van der Waals surface area (Å²) < 4.78 is 35.7. The highest BCUT2D eigenvalue weighted by Gasteiger charge is 2.28. The fourth-order valence-electron chi connectivity index (χ4n) is 1.60. The number of hydrogen-bond acceptors (Lipinski definition) is 3. The van der Waals surface area contributed by atoms with Crippen molar-refractivity contribution in [2.45, 2.75) is 6.18 Å². The molecule has 0 aliphatic carbocycles. The molecule has 4 amide bonds. The number of rotatable bonds is 2. The second-order valence-electron chi connectivity index (χ2n) is 3.97. The minimum Gasteiger partial charge on any atom is -0.329 e. The van der Waals surface area contributed by atoms with Crippen LogP contribution < -0.4 is 16.0 Å². The van der Waals surface area contributed by atoms with E-state index in [2.05, 4.69) is 10.6 Å². The molecule has 106 valence electrons. The highest BCUT2D eigenvalue weighted by Crippen LogP contribution is 2.20. The molecule has 3 N–H and O–H groups in total. The zero-order chi connectivity index (χ0) is 14.9. The van der Waals surface area contributed by atoms with Crippen molar-refractivity contribution < 1.29 is 27.6 Å². The van der Waals surface area contributed by atoms with Crippen molar-refractivity contribution in [3.05, 3.63) is 29.3 Å². The summed E-state index contributed by atoms with van der Waals surface area (Å²) in [6.07, 6.45) is -4.51. The van der Waals surface area contributed by atoms with Gasteiger partial charge in [-0.15, -0.1) is 0 Å². The molecule has 1 aliphatic rings. The Kier molecular flexibility index (Phi) is 3.35. The summed E-state index contributed by atoms with van der Waals surface area (Å²) >= 11 is 0. The Bertz CT molecular complexity index is 598. The van der Waals surface area contributed by atoms with Crippen LogP contribution in [0.5, 0.6) is 0 Å². The molecular weight excluding hydrogens is 279 g/mol. The number of hydrogen-bond donors (Lipinski definition) is 3. The number of benzene rings is 1. The number of anilines is 1. The van der Waals surface area contributed by atoms with E-state index in [4.69, 9.17) is 0 Å². The van der Waals surface area contributed by atoms with Crippen molar-refractivity contribution in [2.75, 3.05) is 11.9 Å². The van der Waals surface area contributed by atoms with Crippen LogP contribution in [0.1, 0.15) is 20.7 Å². The molecular formula is C11H8F3N3O3. The van der Waals surface area contributed by atoms with Gasteiger partial charge in [-0.1, -0.05) is 0 Å². The lowest BCUT2D eigenvalue weighted by atomic mass is 10.1. The molecule has 0 atom stereocenters. The van der Waals surface area contributed by atoms with E-state index in [1.165, 1.54) is 18.2 Å². The van der Waals surface area contributed by atoms with Crippen molar-refractivity contribution in [3.8, 4) is 0 Å². The van der Waals surface area contributed by atoms with Crippen LogP contribution in [0.3, 0.4) is 0 Å². The number of carbonyl (C=O) groups is 3. The van der Waals surface area contributed by atoms with Crippen LogP contribution in [0.4, 0.5) is 23.7 Å². The molecule has 0 spiro atoms. The molecule has 1 aromatic carbocycles. The standard InChI is InChI=1S/C11H8F3N3O3/c12-11(13,14)4-15-10(20)16-5-1-2-6-7(3-5)9(19)17-8(6)18/h1-3H,4H2,(H2,15,16,20)(H,17,18,19). The van der Waals surface area contributed by atoms with E-state index >= 15 is 0 Å². The fraction of sp³-hybridized carbons (Fsp3) is 0.182. The fourth-order valence-corrected chi connectivity index (χ4v) is 1.60. The van der Waals surface area contributed by atoms with Gasteiger partial charge in [-0.3, -0.25) is 14.9 Å². The van der Waals surface area contributed by atoms with Crippen LogP contribution >= 0.6 is 0 Å². The van der Waals surface area contributed by atoms with E-state index < -0.39 is 30.6 Å². The van der Waals surface area contributed by atoms with E-state index in [9.17, 15) is 27.6 Å². The summed E-state index contributed by atoms with van der Waals surface area (Å²) in [6, 6.07) is 2.76. The molecule has 20 heavy (non-hydrogen) atoms. The van der Waals surface area contributed by atoms with Gasteiger partial charge in [0, 0.05) is 5.69 Å². The van der Waals surface area contributed by atoms with Crippen molar-refractivity contribution >= 4 is 23.5 Å². The Hall–Kier alpha value is -2.58. The van der Waals surface area contributed by atoms with Gasteiger partial charge in [-0.25, -0.2) is 4.79 Å². The molecule has 0 saturated heterocycles. The summed E-state index contributed by atoms with van der Waals surface area (Å²) in [5, 5.41) is 5.81. The van der Waals surface area contributed by atoms with Gasteiger partial charge in [0.15, 0.2) is 0 Å². The Morgan fingerprint density at radius 3 is 2.45 bits per heavy atom. The lowest BCUT2D eigenvalue weighted by Crippen LogP contribution is -2.36. The van der Waals surface area contributed by atoms with Crippen LogP contribution in [-0.4, -0.2) is 30.6 Å². The monoisotopic (exact) mass is 287 g/mol. The molecule has 0 fully saturated rings. The third-order valence-corrected chi connectivity index (χ3v) is 2.44. The first-order valence-corrected chi connectivity index (χ1v) is 5.37. The Morgan fingerprint density at radius 2 is 1.80 bits per heavy atom. The van der Waals surface area contributed by atoms with Crippen LogP contribution in [0.15, 0.2) is 18.2 Å². The topological polar surface area (TPSA) is 87.3 Å². The second-order valence-corrected chi connectivity index (χ2v) is 3.97. The summed E-state index contributed by atoms with van der Waals surface area (Å²) in [7, 11) is 0. The average Bonchev–Trinajstić information content (AvgIpc) is 2.62. The van der Waals surface area contributed by atoms with Gasteiger partial charge in [0.25, 0.3) is 11.8 Å². The highest BCUT2D eigenvalue weighted by molar-refractivity contribution is 6.21. The number of imide groups is 1. The Morgan fingerprint density at radius 1 is 1.15 bits per heavy atom. The maximum atomic E-state index is 11.9. The van der Waals surface area contributed by atoms with Crippen molar-refractivity contribution in [1.29, 1.82) is 0 Å². The molecule has 1 aliphatic heterocycles. The molecule has 0 unspecified atom stereocenters. The summed E-state index contributed by atoms with van der Waals surface area (Å²) in [5.74, 6) is -1.18. The first-order chi connectivity index (χ1) is 9.26. The van der Waals surface area contributed by atoms with E-state index in [0.29, 0.717) is 0 Å². The van der Waals surface area contributed by atoms with Crippen molar-refractivity contribution in [2.24, 2.45) is 0 Å². The number of nitrogens with one attached hydrogen (secondary N) is 3. The molecule has 6 nitrogen and oxygen atoms in total. The van der Waals surface area contributed by atoms with E-state index in [1.54, 1.807) is 5.32 Å². The maximum Gasteiger partial charge on any atom is 0.405 e. The number of halogens is 3. The smallest absolute Gasteiger partial charge is 0.329 e. The van der Waals surface area contributed by atoms with Crippen molar-refractivity contribution in [3.63, 3.8) is 0 Å². The Labute approximate surface area is 110 Å². The second kappa shape index (κ2) is 4.83. The highest BCUT2D eigenvalue weighted by atomic mass is 19.4. The number of urea groups is 1. The third kappa shape index (κ3) is 3.05. The molecule has 1 heterocycles. The van der Waals surface area contributed by atoms with E-state index in [0.717, 1.165) is 0 Å². The Balaban J connectivity index is 2.05. The zero-order valence-corrected chi connectivity index (χ0v) is 9.80. The minimum atomic E-state index is -4.51. The number of amides is 4. The molecule has 0 saturated carbocycles. The largest absolute Gasteiger partial charge is 0.405 e. The molecule has 1 aromatic rings. The maximum absolute atomic E-state index is 11.9. The quantitative estimate of drug-likeness (QED) is 0.715. The van der Waals surface area contributed by atoms with Gasteiger partial charge in [0.1, 0.15) is 6.54 Å². The lowest BCUT2D eigenvalue weighted by molar-refractivity contribution is -0.122. The van der Waals surface area contributed by atoms with Gasteiger partial charge >= 0.3 is 12.2 Å². The third-order valence-electron chi connectivity index (χ3n) is 2.44. The predicted octanol–water partition coefficient (Wildman–Crippen LogP) is 1.25. The average molecular weight is 287 g/mol. The molecule has 0 aromatic heterocycles. The SMILES string of the molecule is O=C(NCC(F)(F)F)Nc1ccc2c(c1)C(=O)NC2=O. The normalized spacial score (nSPS) is 13.8. The molecule has 0 bridgehead atoms. The molecule has 2 rings (SSSR count). The molecule has 9 heteroatoms. The summed E-state index contributed by atoms with van der Waals surface area (Å²) in [4.78, 5) is 33.8. The van der Waals surface area contributed by atoms with E-state index in [-0.39, 0.29) is 16.8 Å². The van der Waals surface area contributed by atoms with Crippen LogP contribution in [-0.2, 0) is 0 Å². The summed E-state index contributed by atoms with van der Waals surface area (Å²) in [6.45, 7) is -1.47. The van der Waals surface area contributed by atoms with Crippen LogP contribution in [0, 0.1) is 0 Å². The van der Waals surface area contributed by atoms with Gasteiger partial charge in [-0.2, -0.15) is 13.2 Å².